The number of aryl methyl sites for hydroxylation is 1. The highest BCUT2D eigenvalue weighted by atomic mass is 32.2. The van der Waals surface area contributed by atoms with Crippen molar-refractivity contribution in [2.75, 3.05) is 18.2 Å². The lowest BCUT2D eigenvalue weighted by atomic mass is 9.96. The van der Waals surface area contributed by atoms with Gasteiger partial charge in [-0.2, -0.15) is 0 Å². The third-order valence-electron chi connectivity index (χ3n) is 4.38. The van der Waals surface area contributed by atoms with Crippen LogP contribution in [-0.4, -0.2) is 34.0 Å². The van der Waals surface area contributed by atoms with Crippen LogP contribution in [-0.2, 0) is 4.79 Å². The summed E-state index contributed by atoms with van der Waals surface area (Å²) in [6.45, 7) is 6.34. The minimum atomic E-state index is -0.0445. The molecule has 0 radical (unpaired) electrons. The van der Waals surface area contributed by atoms with Crippen LogP contribution in [0.4, 0.5) is 5.69 Å². The highest BCUT2D eigenvalue weighted by Crippen LogP contribution is 2.48. The van der Waals surface area contributed by atoms with Crippen LogP contribution < -0.4 is 10.1 Å². The summed E-state index contributed by atoms with van der Waals surface area (Å²) in [5.74, 6) is 2.25. The molecule has 138 valence electrons. The maximum absolute atomic E-state index is 12.3. The number of thioether (sulfide) groups is 2. The molecule has 3 rings (SSSR count). The minimum absolute atomic E-state index is 0.0445. The fourth-order valence-corrected chi connectivity index (χ4v) is 5.49. The molecule has 1 aromatic heterocycles. The zero-order valence-corrected chi connectivity index (χ0v) is 17.0. The molecule has 0 saturated heterocycles. The van der Waals surface area contributed by atoms with Gasteiger partial charge in [-0.1, -0.05) is 25.6 Å². The van der Waals surface area contributed by atoms with Crippen molar-refractivity contribution in [2.45, 2.75) is 48.4 Å². The van der Waals surface area contributed by atoms with E-state index in [-0.39, 0.29) is 5.91 Å². The summed E-state index contributed by atoms with van der Waals surface area (Å²) in [6, 6.07) is 7.32. The van der Waals surface area contributed by atoms with Crippen LogP contribution in [0.3, 0.4) is 0 Å². The second-order valence-electron chi connectivity index (χ2n) is 6.20. The Morgan fingerprint density at radius 2 is 2.04 bits per heavy atom. The second-order valence-corrected chi connectivity index (χ2v) is 8.53. The molecular weight excluding hydrogens is 366 g/mol. The smallest absolute Gasteiger partial charge is 0.234 e. The standard InChI is InChI=1S/C19H23N3O2S2/c1-5-15-11(2)26-19-17(15)18(20-12(3)21-19)25-10-16(23)22-13-6-8-14(24-4)9-7-13/h6-9,11,15H,5,10H2,1-4H3,(H,22,23)/t11-,15+/m1/s1. The number of nitrogens with one attached hydrogen (secondary N) is 1. The molecule has 0 saturated carbocycles. The number of aromatic nitrogens is 2. The summed E-state index contributed by atoms with van der Waals surface area (Å²) in [7, 11) is 1.62. The van der Waals surface area contributed by atoms with Crippen LogP contribution in [0.15, 0.2) is 34.3 Å². The van der Waals surface area contributed by atoms with Gasteiger partial charge in [-0.05, 0) is 37.6 Å². The van der Waals surface area contributed by atoms with Crippen LogP contribution >= 0.6 is 23.5 Å². The molecule has 26 heavy (non-hydrogen) atoms. The van der Waals surface area contributed by atoms with Crippen molar-refractivity contribution in [3.8, 4) is 5.75 Å². The average Bonchev–Trinajstić information content (AvgIpc) is 2.95. The molecule has 7 heteroatoms. The highest BCUT2D eigenvalue weighted by molar-refractivity contribution is 8.01. The second kappa shape index (κ2) is 8.31. The monoisotopic (exact) mass is 389 g/mol. The number of hydrogen-bond donors (Lipinski definition) is 1. The van der Waals surface area contributed by atoms with Crippen molar-refractivity contribution < 1.29 is 9.53 Å². The molecule has 1 N–H and O–H groups in total. The Hall–Kier alpha value is -1.73. The van der Waals surface area contributed by atoms with Gasteiger partial charge >= 0.3 is 0 Å². The van der Waals surface area contributed by atoms with Gasteiger partial charge in [0.2, 0.25) is 5.91 Å². The number of hydrogen-bond acceptors (Lipinski definition) is 6. The third-order valence-corrected chi connectivity index (χ3v) is 6.60. The largest absolute Gasteiger partial charge is 0.497 e. The van der Waals surface area contributed by atoms with Crippen LogP contribution in [0.1, 0.15) is 37.6 Å². The number of carbonyl (C=O) groups excluding carboxylic acids is 1. The normalized spacial score (nSPS) is 18.5. The lowest BCUT2D eigenvalue weighted by Crippen LogP contribution is -2.15. The van der Waals surface area contributed by atoms with Gasteiger partial charge in [0.1, 0.15) is 21.6 Å². The quantitative estimate of drug-likeness (QED) is 0.579. The molecule has 1 aliphatic rings. The van der Waals surface area contributed by atoms with E-state index in [0.29, 0.717) is 16.9 Å². The summed E-state index contributed by atoms with van der Waals surface area (Å²) in [5, 5.41) is 5.44. The summed E-state index contributed by atoms with van der Waals surface area (Å²) in [5.41, 5.74) is 1.98. The van der Waals surface area contributed by atoms with Crippen molar-refractivity contribution >= 4 is 35.1 Å². The van der Waals surface area contributed by atoms with Gasteiger partial charge in [0.25, 0.3) is 0 Å². The Labute approximate surface area is 162 Å². The van der Waals surface area contributed by atoms with E-state index in [9.17, 15) is 4.79 Å². The molecule has 2 heterocycles. The number of anilines is 1. The Morgan fingerprint density at radius 3 is 2.69 bits per heavy atom. The van der Waals surface area contributed by atoms with Crippen molar-refractivity contribution in [3.63, 3.8) is 0 Å². The Bertz CT molecular complexity index is 796. The molecule has 1 aromatic carbocycles. The number of rotatable bonds is 6. The maximum Gasteiger partial charge on any atom is 0.234 e. The fraction of sp³-hybridized carbons (Fsp3) is 0.421. The highest BCUT2D eigenvalue weighted by Gasteiger charge is 2.33. The van der Waals surface area contributed by atoms with Gasteiger partial charge in [-0.15, -0.1) is 11.8 Å². The van der Waals surface area contributed by atoms with E-state index < -0.39 is 0 Å². The van der Waals surface area contributed by atoms with E-state index in [1.165, 1.54) is 17.3 Å². The first-order valence-corrected chi connectivity index (χ1v) is 10.5. The van der Waals surface area contributed by atoms with Crippen molar-refractivity contribution in [1.29, 1.82) is 0 Å². The number of ether oxygens (including phenoxy) is 1. The Morgan fingerprint density at radius 1 is 1.31 bits per heavy atom. The summed E-state index contributed by atoms with van der Waals surface area (Å²) < 4.78 is 5.13. The van der Waals surface area contributed by atoms with Crippen molar-refractivity contribution in [2.24, 2.45) is 0 Å². The molecule has 2 aromatic rings. The van der Waals surface area contributed by atoms with Gasteiger partial charge in [0, 0.05) is 22.4 Å². The predicted octanol–water partition coefficient (Wildman–Crippen LogP) is 4.51. The third kappa shape index (κ3) is 4.15. The average molecular weight is 390 g/mol. The molecule has 0 unspecified atom stereocenters. The van der Waals surface area contributed by atoms with E-state index in [0.717, 1.165) is 33.7 Å². The van der Waals surface area contributed by atoms with E-state index >= 15 is 0 Å². The zero-order valence-electron chi connectivity index (χ0n) is 15.4. The van der Waals surface area contributed by atoms with Crippen LogP contribution in [0.5, 0.6) is 5.75 Å². The number of carbonyl (C=O) groups is 1. The summed E-state index contributed by atoms with van der Waals surface area (Å²) in [4.78, 5) is 21.6. The van der Waals surface area contributed by atoms with Gasteiger partial charge in [-0.25, -0.2) is 9.97 Å². The fourth-order valence-electron chi connectivity index (χ4n) is 3.08. The number of nitrogens with zero attached hydrogens (tertiary/aromatic N) is 2. The van der Waals surface area contributed by atoms with Crippen molar-refractivity contribution in [1.82, 2.24) is 9.97 Å². The van der Waals surface area contributed by atoms with Gasteiger partial charge in [0.05, 0.1) is 12.9 Å². The zero-order chi connectivity index (χ0) is 18.7. The SMILES string of the molecule is CC[C@@H]1c2c(SCC(=O)Nc3ccc(OC)cc3)nc(C)nc2S[C@@H]1C. The molecule has 1 aliphatic heterocycles. The van der Waals surface area contributed by atoms with Gasteiger partial charge < -0.3 is 10.1 Å². The Kier molecular flexibility index (Phi) is 6.09. The first-order valence-electron chi connectivity index (χ1n) is 8.63. The topological polar surface area (TPSA) is 64.1 Å². The molecule has 0 fully saturated rings. The molecule has 1 amide bonds. The van der Waals surface area contributed by atoms with Crippen LogP contribution in [0, 0.1) is 6.92 Å². The molecule has 2 atom stereocenters. The number of fused-ring (bicyclic) bond motifs is 1. The lowest BCUT2D eigenvalue weighted by molar-refractivity contribution is -0.113. The molecule has 0 bridgehead atoms. The van der Waals surface area contributed by atoms with Crippen LogP contribution in [0.25, 0.3) is 0 Å². The lowest BCUT2D eigenvalue weighted by Gasteiger charge is -2.15. The molecular formula is C19H23N3O2S2. The summed E-state index contributed by atoms with van der Waals surface area (Å²) >= 11 is 3.31. The number of amides is 1. The van der Waals surface area contributed by atoms with Crippen LogP contribution in [0.2, 0.25) is 0 Å². The van der Waals surface area contributed by atoms with E-state index in [4.69, 9.17) is 4.74 Å². The van der Waals surface area contributed by atoms with E-state index in [1.807, 2.05) is 43.0 Å². The first-order chi connectivity index (χ1) is 12.5. The molecule has 0 spiro atoms. The molecule has 5 nitrogen and oxygen atoms in total. The maximum atomic E-state index is 12.3. The Balaban J connectivity index is 1.69. The summed E-state index contributed by atoms with van der Waals surface area (Å²) in [6.07, 6.45) is 1.05. The number of benzene rings is 1. The predicted molar refractivity (Wildman–Crippen MR) is 107 cm³/mol. The van der Waals surface area contributed by atoms with E-state index in [2.05, 4.69) is 29.1 Å². The van der Waals surface area contributed by atoms with E-state index in [1.54, 1.807) is 7.11 Å². The van der Waals surface area contributed by atoms with Crippen molar-refractivity contribution in [3.05, 3.63) is 35.7 Å². The molecule has 0 aliphatic carbocycles. The first kappa shape index (κ1) is 19.0. The minimum Gasteiger partial charge on any atom is -0.497 e. The van der Waals surface area contributed by atoms with Gasteiger partial charge in [0.15, 0.2) is 0 Å². The number of methoxy groups -OCH3 is 1. The van der Waals surface area contributed by atoms with Gasteiger partial charge in [-0.3, -0.25) is 4.79 Å².